The number of imidazole rings is 1. The van der Waals surface area contributed by atoms with Crippen LogP contribution in [0.2, 0.25) is 5.15 Å². The molecule has 0 radical (unpaired) electrons. The van der Waals surface area contributed by atoms with Crippen LogP contribution < -0.4 is 5.43 Å². The summed E-state index contributed by atoms with van der Waals surface area (Å²) in [5, 5.41) is 24.8. The number of carbonyl (C=O) groups is 2. The number of nitrogens with zero attached hydrogens (tertiary/aromatic N) is 3. The lowest BCUT2D eigenvalue weighted by Gasteiger charge is -2.32. The third-order valence-corrected chi connectivity index (χ3v) is 5.89. The number of aromatic amines is 1. The van der Waals surface area contributed by atoms with Crippen LogP contribution in [0.15, 0.2) is 35.4 Å². The van der Waals surface area contributed by atoms with Gasteiger partial charge in [-0.1, -0.05) is 37.1 Å². The predicted molar refractivity (Wildman–Crippen MR) is 126 cm³/mol. The van der Waals surface area contributed by atoms with E-state index >= 15 is 0 Å². The Bertz CT molecular complexity index is 1210. The number of amides is 2. The summed E-state index contributed by atoms with van der Waals surface area (Å²) in [6.07, 6.45) is 4.37. The number of halogens is 1. The molecule has 2 aromatic carbocycles. The van der Waals surface area contributed by atoms with Gasteiger partial charge in [0.15, 0.2) is 0 Å². The van der Waals surface area contributed by atoms with E-state index in [-0.39, 0.29) is 0 Å². The summed E-state index contributed by atoms with van der Waals surface area (Å²) in [5.41, 5.74) is 4.69. The van der Waals surface area contributed by atoms with Crippen molar-refractivity contribution in [2.24, 2.45) is 5.10 Å². The van der Waals surface area contributed by atoms with Crippen molar-refractivity contribution < 1.29 is 19.8 Å². The number of hydrazone groups is 1. The van der Waals surface area contributed by atoms with Gasteiger partial charge in [-0.15, -0.1) is 0 Å². The molecule has 0 saturated heterocycles. The third kappa shape index (κ3) is 4.22. The molecule has 4 rings (SSSR count). The van der Waals surface area contributed by atoms with Crippen LogP contribution in [-0.4, -0.2) is 62.4 Å². The van der Waals surface area contributed by atoms with Crippen molar-refractivity contribution >= 4 is 46.1 Å². The first-order chi connectivity index (χ1) is 16.0. The normalized spacial score (nSPS) is 13.7. The summed E-state index contributed by atoms with van der Waals surface area (Å²) in [4.78, 5) is 34.4. The highest BCUT2D eigenvalue weighted by atomic mass is 35.5. The molecular weight excluding hydrogens is 446 g/mol. The van der Waals surface area contributed by atoms with Crippen LogP contribution in [0.5, 0.6) is 0 Å². The van der Waals surface area contributed by atoms with Crippen LogP contribution in [0.25, 0.3) is 10.8 Å². The van der Waals surface area contributed by atoms with Crippen LogP contribution in [-0.2, 0) is 6.42 Å². The third-order valence-electron chi connectivity index (χ3n) is 5.60. The molecular formula is C23H24ClN5O4. The number of rotatable bonds is 9. The molecule has 172 valence electrons. The second kappa shape index (κ2) is 9.70. The predicted octanol–water partition coefficient (Wildman–Crippen LogP) is 2.95. The molecule has 0 saturated carbocycles. The molecule has 0 unspecified atom stereocenters. The van der Waals surface area contributed by atoms with Crippen LogP contribution in [0.3, 0.4) is 0 Å². The standard InChI is InChI=1S/C23H24ClN5O4/c1-2-3-7-19-26-18(21(24)27-19)10-25-28-17-9-8-16-20-14(17)5-4-6-15(20)22(32)29(23(16)33)13(11-30)12-31/h4-6,8-10,13,28,30-31H,2-3,7,11-12H2,1H3,(H,26,27)/b25-10+. The molecule has 1 aliphatic heterocycles. The van der Waals surface area contributed by atoms with E-state index in [1.807, 2.05) is 0 Å². The lowest BCUT2D eigenvalue weighted by atomic mass is 9.92. The molecule has 2 heterocycles. The van der Waals surface area contributed by atoms with Gasteiger partial charge in [0.05, 0.1) is 31.2 Å². The molecule has 33 heavy (non-hydrogen) atoms. The van der Waals surface area contributed by atoms with Gasteiger partial charge < -0.3 is 15.2 Å². The summed E-state index contributed by atoms with van der Waals surface area (Å²) in [6, 6.07) is 7.40. The van der Waals surface area contributed by atoms with Crippen molar-refractivity contribution in [1.82, 2.24) is 14.9 Å². The first-order valence-electron chi connectivity index (χ1n) is 10.7. The molecule has 2 amide bonds. The number of imide groups is 1. The lowest BCUT2D eigenvalue weighted by molar-refractivity contribution is 0.0375. The highest BCUT2D eigenvalue weighted by molar-refractivity contribution is 6.31. The quantitative estimate of drug-likeness (QED) is 0.216. The number of aromatic nitrogens is 2. The Morgan fingerprint density at radius 1 is 1.18 bits per heavy atom. The Balaban J connectivity index is 1.65. The van der Waals surface area contributed by atoms with Crippen LogP contribution in [0, 0.1) is 0 Å². The molecule has 0 spiro atoms. The number of aliphatic hydroxyl groups is 2. The van der Waals surface area contributed by atoms with E-state index in [4.69, 9.17) is 11.6 Å². The molecule has 0 atom stereocenters. The fourth-order valence-electron chi connectivity index (χ4n) is 3.89. The van der Waals surface area contributed by atoms with Crippen molar-refractivity contribution in [2.45, 2.75) is 32.2 Å². The maximum absolute atomic E-state index is 13.0. The maximum Gasteiger partial charge on any atom is 0.261 e. The van der Waals surface area contributed by atoms with E-state index in [0.717, 1.165) is 30.0 Å². The first kappa shape index (κ1) is 22.9. The number of carbonyl (C=O) groups excluding carboxylic acids is 2. The van der Waals surface area contributed by atoms with E-state index in [0.29, 0.717) is 38.4 Å². The zero-order valence-electron chi connectivity index (χ0n) is 18.0. The zero-order valence-corrected chi connectivity index (χ0v) is 18.8. The Kier molecular flexibility index (Phi) is 6.73. The van der Waals surface area contributed by atoms with Crippen molar-refractivity contribution in [3.05, 3.63) is 58.1 Å². The smallest absolute Gasteiger partial charge is 0.261 e. The van der Waals surface area contributed by atoms with E-state index in [2.05, 4.69) is 27.4 Å². The number of aliphatic hydroxyl groups excluding tert-OH is 2. The van der Waals surface area contributed by atoms with Crippen LogP contribution in [0.4, 0.5) is 5.69 Å². The number of anilines is 1. The van der Waals surface area contributed by atoms with E-state index in [9.17, 15) is 19.8 Å². The van der Waals surface area contributed by atoms with Crippen molar-refractivity contribution in [2.75, 3.05) is 18.6 Å². The molecule has 1 aliphatic rings. The molecule has 0 aliphatic carbocycles. The van der Waals surface area contributed by atoms with Crippen molar-refractivity contribution in [1.29, 1.82) is 0 Å². The number of aryl methyl sites for hydroxylation is 1. The molecule has 0 fully saturated rings. The summed E-state index contributed by atoms with van der Waals surface area (Å²) in [7, 11) is 0. The Morgan fingerprint density at radius 3 is 2.61 bits per heavy atom. The van der Waals surface area contributed by atoms with Gasteiger partial charge in [-0.3, -0.25) is 19.9 Å². The van der Waals surface area contributed by atoms with E-state index < -0.39 is 31.1 Å². The SMILES string of the molecule is CCCCc1nc(/C=N/Nc2ccc3c4c(cccc24)C(=O)N(C(CO)CO)C3=O)c(Cl)[nH]1. The molecule has 3 aromatic rings. The highest BCUT2D eigenvalue weighted by Crippen LogP contribution is 2.35. The van der Waals surface area contributed by atoms with Crippen molar-refractivity contribution in [3.8, 4) is 0 Å². The Labute approximate surface area is 195 Å². The number of benzene rings is 2. The monoisotopic (exact) mass is 469 g/mol. The lowest BCUT2D eigenvalue weighted by Crippen LogP contribution is -2.50. The van der Waals surface area contributed by atoms with Gasteiger partial charge in [-0.25, -0.2) is 4.98 Å². The van der Waals surface area contributed by atoms with E-state index in [1.165, 1.54) is 6.21 Å². The number of unbranched alkanes of at least 4 members (excludes halogenated alkanes) is 1. The summed E-state index contributed by atoms with van der Waals surface area (Å²) >= 11 is 6.21. The zero-order chi connectivity index (χ0) is 23.5. The van der Waals surface area contributed by atoms with Gasteiger partial charge in [0.1, 0.15) is 16.7 Å². The largest absolute Gasteiger partial charge is 0.394 e. The number of H-pyrrole nitrogens is 1. The minimum absolute atomic E-state index is 0.317. The van der Waals surface area contributed by atoms with Crippen LogP contribution >= 0.6 is 11.6 Å². The molecule has 4 N–H and O–H groups in total. The Hall–Kier alpha value is -3.27. The van der Waals surface area contributed by atoms with Gasteiger partial charge >= 0.3 is 0 Å². The Morgan fingerprint density at radius 2 is 1.91 bits per heavy atom. The molecule has 9 nitrogen and oxygen atoms in total. The average molecular weight is 470 g/mol. The fraction of sp³-hybridized carbons (Fsp3) is 0.304. The summed E-state index contributed by atoms with van der Waals surface area (Å²) < 4.78 is 0. The fourth-order valence-corrected chi connectivity index (χ4v) is 4.09. The number of hydrogen-bond donors (Lipinski definition) is 4. The van der Waals surface area contributed by atoms with Gasteiger partial charge in [0.2, 0.25) is 0 Å². The molecule has 0 bridgehead atoms. The van der Waals surface area contributed by atoms with Gasteiger partial charge in [0, 0.05) is 28.3 Å². The van der Waals surface area contributed by atoms with Crippen molar-refractivity contribution in [3.63, 3.8) is 0 Å². The van der Waals surface area contributed by atoms with Gasteiger partial charge in [0.25, 0.3) is 11.8 Å². The average Bonchev–Trinajstić information content (AvgIpc) is 3.18. The van der Waals surface area contributed by atoms with E-state index in [1.54, 1.807) is 30.3 Å². The number of hydrogen-bond acceptors (Lipinski definition) is 7. The second-order valence-electron chi connectivity index (χ2n) is 7.74. The topological polar surface area (TPSA) is 131 Å². The molecule has 1 aromatic heterocycles. The minimum atomic E-state index is -1.00. The summed E-state index contributed by atoms with van der Waals surface area (Å²) in [5.74, 6) is -0.319. The second-order valence-corrected chi connectivity index (χ2v) is 8.12. The summed E-state index contributed by atoms with van der Waals surface area (Å²) in [6.45, 7) is 1.06. The van der Waals surface area contributed by atoms with Gasteiger partial charge in [-0.2, -0.15) is 5.10 Å². The first-order valence-corrected chi connectivity index (χ1v) is 11.1. The molecule has 10 heteroatoms. The van der Waals surface area contributed by atoms with Gasteiger partial charge in [-0.05, 0) is 24.6 Å². The highest BCUT2D eigenvalue weighted by Gasteiger charge is 2.37. The van der Waals surface area contributed by atoms with Crippen LogP contribution in [0.1, 0.15) is 52.0 Å². The maximum atomic E-state index is 13.0. The minimum Gasteiger partial charge on any atom is -0.394 e. The number of nitrogens with one attached hydrogen (secondary N) is 2.